The molecule has 1 aliphatic heterocycles. The van der Waals surface area contributed by atoms with E-state index in [-0.39, 0.29) is 12.1 Å². The molecule has 2 N–H and O–H groups in total. The zero-order valence-electron chi connectivity index (χ0n) is 13.0. The first-order chi connectivity index (χ1) is 11.6. The molecular formula is C16H16F2N6. The third-order valence-corrected chi connectivity index (χ3v) is 4.48. The maximum absolute atomic E-state index is 13.6. The van der Waals surface area contributed by atoms with Crippen molar-refractivity contribution in [2.24, 2.45) is 0 Å². The molecule has 0 saturated carbocycles. The zero-order valence-corrected chi connectivity index (χ0v) is 13.0. The Labute approximate surface area is 136 Å². The van der Waals surface area contributed by atoms with Crippen LogP contribution in [0.5, 0.6) is 0 Å². The fraction of sp³-hybridized carbons (Fsp3) is 0.312. The SMILES string of the molecule is CN1CC[C@@H](Nc2ncnc3nc[nH]c23)[C@@H]1c1ccc(F)c(F)c1. The zero-order chi connectivity index (χ0) is 16.7. The molecule has 1 aromatic carbocycles. The van der Waals surface area contributed by atoms with Crippen LogP contribution in [-0.2, 0) is 0 Å². The Bertz CT molecular complexity index is 880. The number of hydrogen-bond acceptors (Lipinski definition) is 5. The number of likely N-dealkylation sites (N-methyl/N-ethyl adjacent to an activating group) is 1. The molecule has 24 heavy (non-hydrogen) atoms. The molecule has 3 aromatic rings. The van der Waals surface area contributed by atoms with Gasteiger partial charge in [-0.25, -0.2) is 23.7 Å². The number of nitrogens with one attached hydrogen (secondary N) is 2. The molecule has 1 saturated heterocycles. The number of fused-ring (bicyclic) bond motifs is 1. The number of anilines is 1. The minimum Gasteiger partial charge on any atom is -0.363 e. The summed E-state index contributed by atoms with van der Waals surface area (Å²) in [6.07, 6.45) is 3.88. The topological polar surface area (TPSA) is 69.7 Å². The Morgan fingerprint density at radius 3 is 2.92 bits per heavy atom. The van der Waals surface area contributed by atoms with Crippen LogP contribution in [0, 0.1) is 11.6 Å². The number of imidazole rings is 1. The summed E-state index contributed by atoms with van der Waals surface area (Å²) in [6, 6.07) is 4.01. The van der Waals surface area contributed by atoms with E-state index in [4.69, 9.17) is 0 Å². The predicted octanol–water partition coefficient (Wildman–Crippen LogP) is 2.49. The Morgan fingerprint density at radius 2 is 2.08 bits per heavy atom. The fourth-order valence-corrected chi connectivity index (χ4v) is 3.33. The number of benzene rings is 1. The second-order valence-corrected chi connectivity index (χ2v) is 5.96. The van der Waals surface area contributed by atoms with Crippen molar-refractivity contribution in [3.05, 3.63) is 48.1 Å². The maximum Gasteiger partial charge on any atom is 0.182 e. The van der Waals surface area contributed by atoms with Gasteiger partial charge in [-0.3, -0.25) is 4.90 Å². The number of likely N-dealkylation sites (tertiary alicyclic amines) is 1. The Hall–Kier alpha value is -2.61. The summed E-state index contributed by atoms with van der Waals surface area (Å²) in [6.45, 7) is 0.846. The van der Waals surface area contributed by atoms with Gasteiger partial charge in [0, 0.05) is 12.6 Å². The van der Waals surface area contributed by atoms with Gasteiger partial charge < -0.3 is 10.3 Å². The summed E-state index contributed by atoms with van der Waals surface area (Å²) < 4.78 is 26.9. The third-order valence-electron chi connectivity index (χ3n) is 4.48. The molecule has 0 amide bonds. The van der Waals surface area contributed by atoms with E-state index in [1.165, 1.54) is 18.5 Å². The molecule has 0 spiro atoms. The second kappa shape index (κ2) is 5.79. The normalized spacial score (nSPS) is 21.5. The Morgan fingerprint density at radius 1 is 1.21 bits per heavy atom. The average Bonchev–Trinajstić information content (AvgIpc) is 3.18. The standard InChI is InChI=1S/C16H16F2N6/c1-24-5-4-12(14(24)9-2-3-10(17)11(18)6-9)23-16-13-15(20-7-19-13)21-8-22-16/h2-3,6-8,12,14H,4-5H2,1H3,(H2,19,20,21,22,23)/t12-,14+/m1/s1. The summed E-state index contributed by atoms with van der Waals surface area (Å²) in [5, 5.41) is 3.40. The molecule has 1 fully saturated rings. The van der Waals surface area contributed by atoms with Crippen LogP contribution in [0.2, 0.25) is 0 Å². The van der Waals surface area contributed by atoms with E-state index in [0.717, 1.165) is 24.0 Å². The first-order valence-electron chi connectivity index (χ1n) is 7.69. The number of halogens is 2. The molecular weight excluding hydrogens is 314 g/mol. The van der Waals surface area contributed by atoms with Gasteiger partial charge >= 0.3 is 0 Å². The number of H-pyrrole nitrogens is 1. The van der Waals surface area contributed by atoms with Gasteiger partial charge in [0.05, 0.1) is 12.4 Å². The van der Waals surface area contributed by atoms with Crippen molar-refractivity contribution in [1.29, 1.82) is 0 Å². The van der Waals surface area contributed by atoms with E-state index in [1.807, 2.05) is 7.05 Å². The summed E-state index contributed by atoms with van der Waals surface area (Å²) in [7, 11) is 1.97. The minimum absolute atomic E-state index is 0.0151. The lowest BCUT2D eigenvalue weighted by atomic mass is 10.00. The van der Waals surface area contributed by atoms with Gasteiger partial charge in [0.25, 0.3) is 0 Å². The van der Waals surface area contributed by atoms with Crippen LogP contribution >= 0.6 is 0 Å². The molecule has 6 nitrogen and oxygen atoms in total. The fourth-order valence-electron chi connectivity index (χ4n) is 3.33. The molecule has 2 atom stereocenters. The van der Waals surface area contributed by atoms with Crippen molar-refractivity contribution >= 4 is 17.0 Å². The minimum atomic E-state index is -0.834. The van der Waals surface area contributed by atoms with Gasteiger partial charge in [0.15, 0.2) is 23.1 Å². The molecule has 2 aromatic heterocycles. The van der Waals surface area contributed by atoms with Crippen molar-refractivity contribution in [2.75, 3.05) is 18.9 Å². The van der Waals surface area contributed by atoms with E-state index in [0.29, 0.717) is 11.5 Å². The van der Waals surface area contributed by atoms with E-state index >= 15 is 0 Å². The second-order valence-electron chi connectivity index (χ2n) is 5.96. The summed E-state index contributed by atoms with van der Waals surface area (Å²) in [4.78, 5) is 17.6. The van der Waals surface area contributed by atoms with Gasteiger partial charge in [0.1, 0.15) is 11.8 Å². The van der Waals surface area contributed by atoms with Crippen LogP contribution in [0.1, 0.15) is 18.0 Å². The summed E-state index contributed by atoms with van der Waals surface area (Å²) in [5.41, 5.74) is 2.06. The number of hydrogen-bond donors (Lipinski definition) is 2. The molecule has 0 aliphatic carbocycles. The van der Waals surface area contributed by atoms with E-state index in [2.05, 4.69) is 30.2 Å². The van der Waals surface area contributed by atoms with E-state index < -0.39 is 11.6 Å². The van der Waals surface area contributed by atoms with Gasteiger partial charge in [-0.15, -0.1) is 0 Å². The molecule has 0 radical (unpaired) electrons. The van der Waals surface area contributed by atoms with Crippen molar-refractivity contribution in [1.82, 2.24) is 24.8 Å². The summed E-state index contributed by atoms with van der Waals surface area (Å²) >= 11 is 0. The van der Waals surface area contributed by atoms with Crippen LogP contribution < -0.4 is 5.32 Å². The van der Waals surface area contributed by atoms with Gasteiger partial charge in [0.2, 0.25) is 0 Å². The quantitative estimate of drug-likeness (QED) is 0.772. The molecule has 0 bridgehead atoms. The number of aromatic amines is 1. The number of aromatic nitrogens is 4. The Balaban J connectivity index is 1.66. The average molecular weight is 330 g/mol. The highest BCUT2D eigenvalue weighted by atomic mass is 19.2. The van der Waals surface area contributed by atoms with Crippen molar-refractivity contribution in [3.8, 4) is 0 Å². The van der Waals surface area contributed by atoms with Crippen LogP contribution in [-0.4, -0.2) is 44.5 Å². The maximum atomic E-state index is 13.6. The van der Waals surface area contributed by atoms with Gasteiger partial charge in [-0.1, -0.05) is 6.07 Å². The lowest BCUT2D eigenvalue weighted by Crippen LogP contribution is -2.29. The summed E-state index contributed by atoms with van der Waals surface area (Å²) in [5.74, 6) is -1.01. The van der Waals surface area contributed by atoms with E-state index in [1.54, 1.807) is 12.4 Å². The lowest BCUT2D eigenvalue weighted by Gasteiger charge is -2.26. The molecule has 3 heterocycles. The van der Waals surface area contributed by atoms with Crippen LogP contribution in [0.3, 0.4) is 0 Å². The van der Waals surface area contributed by atoms with Crippen LogP contribution in [0.15, 0.2) is 30.9 Å². The van der Waals surface area contributed by atoms with E-state index in [9.17, 15) is 8.78 Å². The lowest BCUT2D eigenvalue weighted by molar-refractivity contribution is 0.308. The highest BCUT2D eigenvalue weighted by Gasteiger charge is 2.34. The third kappa shape index (κ3) is 2.48. The van der Waals surface area contributed by atoms with Crippen molar-refractivity contribution in [2.45, 2.75) is 18.5 Å². The van der Waals surface area contributed by atoms with Crippen LogP contribution in [0.25, 0.3) is 11.2 Å². The van der Waals surface area contributed by atoms with Gasteiger partial charge in [-0.05, 0) is 31.2 Å². The monoisotopic (exact) mass is 330 g/mol. The van der Waals surface area contributed by atoms with Crippen LogP contribution in [0.4, 0.5) is 14.6 Å². The number of rotatable bonds is 3. The van der Waals surface area contributed by atoms with Crippen molar-refractivity contribution in [3.63, 3.8) is 0 Å². The molecule has 1 aliphatic rings. The van der Waals surface area contributed by atoms with Gasteiger partial charge in [-0.2, -0.15) is 0 Å². The first kappa shape index (κ1) is 14.9. The Kier molecular flexibility index (Phi) is 3.61. The highest BCUT2D eigenvalue weighted by Crippen LogP contribution is 2.34. The molecule has 8 heteroatoms. The predicted molar refractivity (Wildman–Crippen MR) is 85.4 cm³/mol. The smallest absolute Gasteiger partial charge is 0.182 e. The molecule has 4 rings (SSSR count). The number of nitrogens with zero attached hydrogens (tertiary/aromatic N) is 4. The van der Waals surface area contributed by atoms with Crippen molar-refractivity contribution < 1.29 is 8.78 Å². The molecule has 0 unspecified atom stereocenters. The molecule has 124 valence electrons. The largest absolute Gasteiger partial charge is 0.363 e. The first-order valence-corrected chi connectivity index (χ1v) is 7.69. The highest BCUT2D eigenvalue weighted by molar-refractivity contribution is 5.82.